The molecule has 1 saturated heterocycles. The Morgan fingerprint density at radius 1 is 1.23 bits per heavy atom. The van der Waals surface area contributed by atoms with Gasteiger partial charge in [-0.2, -0.15) is 5.10 Å². The van der Waals surface area contributed by atoms with Crippen LogP contribution in [-0.4, -0.2) is 49.4 Å². The molecular weight excluding hydrogens is 532 g/mol. The number of rotatable bonds is 7. The van der Waals surface area contributed by atoms with Crippen LogP contribution in [0.3, 0.4) is 0 Å². The van der Waals surface area contributed by atoms with Crippen LogP contribution in [0.1, 0.15) is 49.3 Å². The van der Waals surface area contributed by atoms with Gasteiger partial charge in [0.2, 0.25) is 5.91 Å². The van der Waals surface area contributed by atoms with Crippen LogP contribution in [0.15, 0.2) is 42.5 Å². The van der Waals surface area contributed by atoms with Gasteiger partial charge in [-0.1, -0.05) is 35.9 Å². The molecule has 40 heavy (non-hydrogen) atoms. The van der Waals surface area contributed by atoms with E-state index in [1.165, 1.54) is 0 Å². The highest BCUT2D eigenvalue weighted by Gasteiger charge is 2.47. The maximum atomic E-state index is 13.4. The lowest BCUT2D eigenvalue weighted by atomic mass is 9.77. The lowest BCUT2D eigenvalue weighted by Gasteiger charge is -2.23. The molecule has 6 rings (SSSR count). The summed E-state index contributed by atoms with van der Waals surface area (Å²) in [5, 5.41) is 18.1. The minimum absolute atomic E-state index is 0.0355. The van der Waals surface area contributed by atoms with Crippen molar-refractivity contribution in [2.45, 2.75) is 57.1 Å². The first kappa shape index (κ1) is 26.2. The summed E-state index contributed by atoms with van der Waals surface area (Å²) in [6.07, 6.45) is 3.65. The molecule has 206 valence electrons. The van der Waals surface area contributed by atoms with E-state index in [1.807, 2.05) is 41.1 Å². The summed E-state index contributed by atoms with van der Waals surface area (Å²) >= 11 is 6.34. The second kappa shape index (κ2) is 10.2. The van der Waals surface area contributed by atoms with Gasteiger partial charge in [0.05, 0.1) is 23.7 Å². The van der Waals surface area contributed by atoms with Crippen LogP contribution in [0.5, 0.6) is 0 Å². The van der Waals surface area contributed by atoms with Crippen LogP contribution >= 0.6 is 11.6 Å². The van der Waals surface area contributed by atoms with E-state index >= 15 is 0 Å². The number of aromatic nitrogens is 4. The predicted molar refractivity (Wildman–Crippen MR) is 151 cm³/mol. The summed E-state index contributed by atoms with van der Waals surface area (Å²) in [5.41, 5.74) is 8.89. The van der Waals surface area contributed by atoms with Crippen molar-refractivity contribution in [2.75, 3.05) is 17.7 Å². The highest BCUT2D eigenvalue weighted by atomic mass is 35.5. The van der Waals surface area contributed by atoms with Gasteiger partial charge >= 0.3 is 5.97 Å². The van der Waals surface area contributed by atoms with Gasteiger partial charge < -0.3 is 20.9 Å². The molecule has 11 heteroatoms. The molecule has 4 N–H and O–H groups in total. The van der Waals surface area contributed by atoms with Crippen LogP contribution in [-0.2, 0) is 32.7 Å². The standard InChI is InChI=1S/C29H29ClN6O4/c1-29(17-8-5-16(6-9-17)7-12-22(37)38)23-25(31)32-27(33-26(23)34-28(29)39)24-20-11-10-18(30)14-21(20)36(35-24)15-19-4-2-3-13-40-19/h5-6,8-11,14,19H,2-4,7,12-13,15H2,1H3,(H,37,38)(H3,31,32,33,34,39)/t19-,29?/m1/s1. The van der Waals surface area contributed by atoms with Crippen LogP contribution in [0.4, 0.5) is 11.6 Å². The number of ether oxygens (including phenoxy) is 1. The van der Waals surface area contributed by atoms with E-state index in [1.54, 1.807) is 13.0 Å². The minimum Gasteiger partial charge on any atom is -0.481 e. The molecule has 2 atom stereocenters. The molecular formula is C29H29ClN6O4. The summed E-state index contributed by atoms with van der Waals surface area (Å²) < 4.78 is 7.83. The smallest absolute Gasteiger partial charge is 0.303 e. The van der Waals surface area contributed by atoms with Crippen molar-refractivity contribution in [3.8, 4) is 11.5 Å². The van der Waals surface area contributed by atoms with Crippen molar-refractivity contribution in [2.24, 2.45) is 0 Å². The number of carbonyl (C=O) groups is 2. The molecule has 0 aliphatic carbocycles. The molecule has 0 bridgehead atoms. The zero-order valence-corrected chi connectivity index (χ0v) is 22.7. The molecule has 2 aliphatic rings. The summed E-state index contributed by atoms with van der Waals surface area (Å²) in [7, 11) is 0. The van der Waals surface area contributed by atoms with Crippen molar-refractivity contribution < 1.29 is 19.4 Å². The van der Waals surface area contributed by atoms with Gasteiger partial charge in [-0.25, -0.2) is 9.97 Å². The molecule has 2 aromatic carbocycles. The Hall–Kier alpha value is -4.02. The Balaban J connectivity index is 1.38. The maximum absolute atomic E-state index is 13.4. The molecule has 0 saturated carbocycles. The SMILES string of the molecule is CC1(c2ccc(CCC(=O)O)cc2)C(=O)Nc2nc(-c3nn(C[C@H]4CCCCO4)c4cc(Cl)ccc34)nc(N)c21. The highest BCUT2D eigenvalue weighted by Crippen LogP contribution is 2.45. The van der Waals surface area contributed by atoms with Gasteiger partial charge in [-0.3, -0.25) is 14.3 Å². The number of carbonyl (C=O) groups excluding carboxylic acids is 1. The van der Waals surface area contributed by atoms with Gasteiger partial charge in [0, 0.05) is 23.4 Å². The second-order valence-corrected chi connectivity index (χ2v) is 10.9. The number of hydrogen-bond donors (Lipinski definition) is 3. The third-order valence-corrected chi connectivity index (χ3v) is 8.09. The monoisotopic (exact) mass is 560 g/mol. The van der Waals surface area contributed by atoms with Crippen LogP contribution in [0, 0.1) is 0 Å². The number of hydrogen-bond acceptors (Lipinski definition) is 7. The van der Waals surface area contributed by atoms with Crippen LogP contribution in [0.2, 0.25) is 5.02 Å². The summed E-state index contributed by atoms with van der Waals surface area (Å²) in [6.45, 7) is 3.11. The first-order valence-corrected chi connectivity index (χ1v) is 13.7. The summed E-state index contributed by atoms with van der Waals surface area (Å²) in [6, 6.07) is 12.9. The van der Waals surface area contributed by atoms with Crippen molar-refractivity contribution in [3.63, 3.8) is 0 Å². The van der Waals surface area contributed by atoms with Gasteiger partial charge in [0.1, 0.15) is 22.7 Å². The first-order chi connectivity index (χ1) is 19.2. The van der Waals surface area contributed by atoms with Crippen molar-refractivity contribution >= 4 is 46.0 Å². The fourth-order valence-electron chi connectivity index (χ4n) is 5.64. The summed E-state index contributed by atoms with van der Waals surface area (Å²) in [4.78, 5) is 33.7. The number of benzene rings is 2. The fraction of sp³-hybridized carbons (Fsp3) is 0.345. The largest absolute Gasteiger partial charge is 0.481 e. The van der Waals surface area contributed by atoms with Gasteiger partial charge in [0.25, 0.3) is 0 Å². The van der Waals surface area contributed by atoms with E-state index in [4.69, 9.17) is 37.3 Å². The number of aryl methyl sites for hydroxylation is 1. The number of halogens is 1. The molecule has 0 radical (unpaired) electrons. The Morgan fingerprint density at radius 2 is 2.02 bits per heavy atom. The van der Waals surface area contributed by atoms with Crippen LogP contribution in [0.25, 0.3) is 22.4 Å². The molecule has 2 aromatic heterocycles. The number of amides is 1. The normalized spacial score (nSPS) is 20.4. The van der Waals surface area contributed by atoms with Gasteiger partial charge in [-0.15, -0.1) is 0 Å². The van der Waals surface area contributed by atoms with E-state index in [9.17, 15) is 9.59 Å². The van der Waals surface area contributed by atoms with E-state index in [2.05, 4.69) is 10.3 Å². The highest BCUT2D eigenvalue weighted by molar-refractivity contribution is 6.31. The van der Waals surface area contributed by atoms with Crippen LogP contribution < -0.4 is 11.1 Å². The molecule has 1 amide bonds. The second-order valence-electron chi connectivity index (χ2n) is 10.5. The number of nitrogens with two attached hydrogens (primary N) is 1. The lowest BCUT2D eigenvalue weighted by Crippen LogP contribution is -2.33. The van der Waals surface area contributed by atoms with E-state index in [0.717, 1.165) is 42.3 Å². The topological polar surface area (TPSA) is 145 Å². The first-order valence-electron chi connectivity index (χ1n) is 13.3. The molecule has 1 unspecified atom stereocenters. The number of aliphatic carboxylic acids is 1. The minimum atomic E-state index is -1.11. The predicted octanol–water partition coefficient (Wildman–Crippen LogP) is 4.57. The maximum Gasteiger partial charge on any atom is 0.303 e. The van der Waals surface area contributed by atoms with Crippen molar-refractivity contribution in [3.05, 3.63) is 64.2 Å². The Kier molecular flexibility index (Phi) is 6.67. The van der Waals surface area contributed by atoms with Crippen molar-refractivity contribution in [1.29, 1.82) is 0 Å². The molecule has 4 heterocycles. The Morgan fingerprint density at radius 3 is 2.75 bits per heavy atom. The molecule has 4 aromatic rings. The van der Waals surface area contributed by atoms with E-state index in [-0.39, 0.29) is 24.2 Å². The number of nitrogens with one attached hydrogen (secondary N) is 1. The zero-order chi connectivity index (χ0) is 28.0. The van der Waals surface area contributed by atoms with E-state index < -0.39 is 11.4 Å². The lowest BCUT2D eigenvalue weighted by molar-refractivity contribution is -0.137. The number of nitrogen functional groups attached to an aromatic ring is 1. The average Bonchev–Trinajstić information content (AvgIpc) is 3.42. The third kappa shape index (κ3) is 4.56. The quantitative estimate of drug-likeness (QED) is 0.298. The average molecular weight is 561 g/mol. The van der Waals surface area contributed by atoms with Gasteiger partial charge in [-0.05, 0) is 61.9 Å². The number of anilines is 2. The zero-order valence-electron chi connectivity index (χ0n) is 22.0. The number of fused-ring (bicyclic) bond motifs is 2. The van der Waals surface area contributed by atoms with Gasteiger partial charge in [0.15, 0.2) is 5.82 Å². The number of carboxylic acid groups (broad SMARTS) is 1. The Bertz CT molecular complexity index is 1630. The summed E-state index contributed by atoms with van der Waals surface area (Å²) in [5.74, 6) is -0.291. The molecule has 0 spiro atoms. The third-order valence-electron chi connectivity index (χ3n) is 7.86. The number of carboxylic acids is 1. The molecule has 1 fully saturated rings. The fourth-order valence-corrected chi connectivity index (χ4v) is 5.81. The number of nitrogens with zero attached hydrogens (tertiary/aromatic N) is 4. The van der Waals surface area contributed by atoms with E-state index in [0.29, 0.717) is 46.5 Å². The molecule has 2 aliphatic heterocycles. The van der Waals surface area contributed by atoms with Crippen molar-refractivity contribution in [1.82, 2.24) is 19.7 Å². The molecule has 10 nitrogen and oxygen atoms in total. The Labute approximate surface area is 235 Å².